The van der Waals surface area contributed by atoms with E-state index in [-0.39, 0.29) is 11.7 Å². The van der Waals surface area contributed by atoms with E-state index in [4.69, 9.17) is 4.74 Å². The smallest absolute Gasteiger partial charge is 0.402 e. The minimum Gasteiger partial charge on any atom is -0.402 e. The molecule has 1 saturated heterocycles. The third kappa shape index (κ3) is 2.09. The molecule has 1 aromatic rings. The lowest BCUT2D eigenvalue weighted by molar-refractivity contribution is -0.123. The number of benzene rings is 1. The van der Waals surface area contributed by atoms with Gasteiger partial charge in [0.1, 0.15) is 0 Å². The summed E-state index contributed by atoms with van der Waals surface area (Å²) in [5.41, 5.74) is 3.91. The maximum Gasteiger partial charge on any atom is 0.422 e. The van der Waals surface area contributed by atoms with Gasteiger partial charge in [-0.1, -0.05) is 17.7 Å². The number of hydrogen-bond acceptors (Lipinski definition) is 4. The van der Waals surface area contributed by atoms with Crippen LogP contribution in [0.3, 0.4) is 0 Å². The Morgan fingerprint density at radius 2 is 1.77 bits per heavy atom. The Bertz CT molecular complexity index is 719. The number of fused-ring (bicyclic) bond motifs is 1. The first-order valence-corrected chi connectivity index (χ1v) is 7.41. The van der Waals surface area contributed by atoms with Gasteiger partial charge in [-0.05, 0) is 44.5 Å². The van der Waals surface area contributed by atoms with Crippen molar-refractivity contribution < 1.29 is 14.3 Å². The van der Waals surface area contributed by atoms with Crippen LogP contribution in [-0.2, 0) is 9.53 Å². The van der Waals surface area contributed by atoms with E-state index in [9.17, 15) is 9.59 Å². The predicted molar refractivity (Wildman–Crippen MR) is 84.1 cm³/mol. The van der Waals surface area contributed by atoms with E-state index < -0.39 is 6.09 Å². The molecule has 0 bridgehead atoms. The summed E-state index contributed by atoms with van der Waals surface area (Å²) in [6.07, 6.45) is 3.19. The Kier molecular flexibility index (Phi) is 3.48. The average Bonchev–Trinajstić information content (AvgIpc) is 2.79. The van der Waals surface area contributed by atoms with E-state index in [1.807, 2.05) is 43.0 Å². The number of cyclic esters (lactones) is 1. The number of rotatable bonds is 2. The van der Waals surface area contributed by atoms with E-state index in [0.29, 0.717) is 18.8 Å². The molecule has 0 saturated carbocycles. The number of likely N-dealkylation sites (N-methyl/N-ethyl adjacent to an activating group) is 2. The first-order chi connectivity index (χ1) is 10.6. The van der Waals surface area contributed by atoms with E-state index in [0.717, 1.165) is 16.2 Å². The first-order valence-electron chi connectivity index (χ1n) is 7.41. The quantitative estimate of drug-likeness (QED) is 0.787. The van der Waals surface area contributed by atoms with Gasteiger partial charge >= 0.3 is 12.0 Å². The molecule has 0 aliphatic carbocycles. The van der Waals surface area contributed by atoms with Crippen LogP contribution in [-0.4, -0.2) is 30.0 Å². The van der Waals surface area contributed by atoms with Crippen molar-refractivity contribution >= 4 is 23.8 Å². The van der Waals surface area contributed by atoms with Crippen molar-refractivity contribution in [1.82, 2.24) is 4.90 Å². The molecule has 0 spiro atoms. The minimum absolute atomic E-state index is 0.108. The molecular formula is C17H18N2O3. The molecular weight excluding hydrogens is 280 g/mol. The number of allylic oxidation sites excluding steroid dienone is 1. The molecule has 22 heavy (non-hydrogen) atoms. The van der Waals surface area contributed by atoms with Gasteiger partial charge in [-0.25, -0.2) is 9.69 Å². The summed E-state index contributed by atoms with van der Waals surface area (Å²) in [6.45, 7) is 6.78. The largest absolute Gasteiger partial charge is 0.422 e. The molecule has 0 unspecified atom stereocenters. The highest BCUT2D eigenvalue weighted by molar-refractivity contribution is 6.08. The molecule has 5 heteroatoms. The summed E-state index contributed by atoms with van der Waals surface area (Å²) in [4.78, 5) is 27.2. The second-order valence-electron chi connectivity index (χ2n) is 5.27. The number of carbonyl (C=O) groups excluding carboxylic acids is 2. The Morgan fingerprint density at radius 3 is 2.41 bits per heavy atom. The summed E-state index contributed by atoms with van der Waals surface area (Å²) in [5, 5.41) is 0. The Hall–Kier alpha value is -2.56. The van der Waals surface area contributed by atoms with E-state index >= 15 is 0 Å². The zero-order chi connectivity index (χ0) is 15.9. The van der Waals surface area contributed by atoms with Crippen molar-refractivity contribution in [3.05, 3.63) is 46.9 Å². The van der Waals surface area contributed by atoms with Crippen LogP contribution < -0.4 is 4.90 Å². The van der Waals surface area contributed by atoms with Gasteiger partial charge in [0.15, 0.2) is 0 Å². The van der Waals surface area contributed by atoms with Gasteiger partial charge in [0, 0.05) is 18.8 Å². The predicted octanol–water partition coefficient (Wildman–Crippen LogP) is 3.06. The number of hydrogen-bond donors (Lipinski definition) is 0. The fourth-order valence-corrected chi connectivity index (χ4v) is 2.81. The second-order valence-corrected chi connectivity index (χ2v) is 5.27. The van der Waals surface area contributed by atoms with Gasteiger partial charge in [-0.15, -0.1) is 0 Å². The van der Waals surface area contributed by atoms with E-state index in [1.165, 1.54) is 5.56 Å². The lowest BCUT2D eigenvalue weighted by Crippen LogP contribution is -2.30. The number of amides is 2. The molecule has 1 fully saturated rings. The molecule has 0 atom stereocenters. The van der Waals surface area contributed by atoms with Gasteiger partial charge in [-0.3, -0.25) is 4.79 Å². The van der Waals surface area contributed by atoms with Gasteiger partial charge in [0.05, 0.1) is 5.70 Å². The van der Waals surface area contributed by atoms with Crippen molar-refractivity contribution in [2.24, 2.45) is 0 Å². The van der Waals surface area contributed by atoms with Crippen molar-refractivity contribution in [2.75, 3.05) is 18.0 Å². The number of ether oxygens (including phenoxy) is 1. The topological polar surface area (TPSA) is 49.9 Å². The molecule has 1 aromatic carbocycles. The van der Waals surface area contributed by atoms with Crippen LogP contribution in [0.25, 0.3) is 6.08 Å². The van der Waals surface area contributed by atoms with Crippen LogP contribution in [0, 0.1) is 6.92 Å². The lowest BCUT2D eigenvalue weighted by Gasteiger charge is -2.29. The fourth-order valence-electron chi connectivity index (χ4n) is 2.81. The molecule has 5 nitrogen and oxygen atoms in total. The normalized spacial score (nSPS) is 20.5. The van der Waals surface area contributed by atoms with Crippen LogP contribution in [0.1, 0.15) is 25.0 Å². The molecule has 2 aliphatic rings. The van der Waals surface area contributed by atoms with Crippen LogP contribution in [0.4, 0.5) is 10.5 Å². The first kappa shape index (κ1) is 14.4. The van der Waals surface area contributed by atoms with E-state index in [2.05, 4.69) is 6.07 Å². The molecule has 114 valence electrons. The number of imide groups is 1. The summed E-state index contributed by atoms with van der Waals surface area (Å²) in [6, 6.07) is 6.15. The minimum atomic E-state index is -0.603. The Morgan fingerprint density at radius 1 is 1.05 bits per heavy atom. The zero-order valence-corrected chi connectivity index (χ0v) is 12.9. The Balaban J connectivity index is 2.10. The van der Waals surface area contributed by atoms with Crippen LogP contribution in [0.2, 0.25) is 0 Å². The average molecular weight is 298 g/mol. The lowest BCUT2D eigenvalue weighted by atomic mass is 10.0. The SMILES string of the molecule is CCN1C(=O)OC(=C2C=Cc3cc(C)ccc3N2CC)C1=O. The molecule has 0 radical (unpaired) electrons. The molecule has 0 aromatic heterocycles. The number of anilines is 1. The number of nitrogens with zero attached hydrogens (tertiary/aromatic N) is 2. The fraction of sp³-hybridized carbons (Fsp3) is 0.294. The highest BCUT2D eigenvalue weighted by Gasteiger charge is 2.39. The standard InChI is InChI=1S/C17H18N2O3/c1-4-18-13-8-6-11(3)10-12(13)7-9-14(18)15-16(20)19(5-2)17(21)22-15/h6-10H,4-5H2,1-3H3. The highest BCUT2D eigenvalue weighted by Crippen LogP contribution is 2.34. The van der Waals surface area contributed by atoms with Crippen molar-refractivity contribution in [3.63, 3.8) is 0 Å². The molecule has 2 amide bonds. The summed E-state index contributed by atoms with van der Waals surface area (Å²) < 4.78 is 5.21. The van der Waals surface area contributed by atoms with Crippen molar-refractivity contribution in [1.29, 1.82) is 0 Å². The summed E-state index contributed by atoms with van der Waals surface area (Å²) >= 11 is 0. The summed E-state index contributed by atoms with van der Waals surface area (Å²) in [7, 11) is 0. The summed E-state index contributed by atoms with van der Waals surface area (Å²) in [5.74, 6) is -0.266. The monoisotopic (exact) mass is 298 g/mol. The number of aryl methyl sites for hydroxylation is 1. The zero-order valence-electron chi connectivity index (χ0n) is 12.9. The van der Waals surface area contributed by atoms with Crippen molar-refractivity contribution in [3.8, 4) is 0 Å². The third-order valence-electron chi connectivity index (χ3n) is 3.90. The van der Waals surface area contributed by atoms with Gasteiger partial charge in [-0.2, -0.15) is 0 Å². The molecule has 0 N–H and O–H groups in total. The highest BCUT2D eigenvalue weighted by atomic mass is 16.6. The van der Waals surface area contributed by atoms with Gasteiger partial charge in [0.25, 0.3) is 0 Å². The van der Waals surface area contributed by atoms with Gasteiger partial charge in [0.2, 0.25) is 5.76 Å². The van der Waals surface area contributed by atoms with Crippen molar-refractivity contribution in [2.45, 2.75) is 20.8 Å². The molecule has 2 aliphatic heterocycles. The van der Waals surface area contributed by atoms with Crippen LogP contribution >= 0.6 is 0 Å². The Labute approximate surface area is 129 Å². The van der Waals surface area contributed by atoms with Crippen LogP contribution in [0.15, 0.2) is 35.7 Å². The van der Waals surface area contributed by atoms with E-state index in [1.54, 1.807) is 6.92 Å². The molecule has 2 heterocycles. The maximum absolute atomic E-state index is 12.3. The second kappa shape index (κ2) is 5.33. The number of carbonyl (C=O) groups is 2. The molecule has 3 rings (SSSR count). The van der Waals surface area contributed by atoms with Crippen LogP contribution in [0.5, 0.6) is 0 Å². The van der Waals surface area contributed by atoms with Gasteiger partial charge < -0.3 is 9.64 Å². The maximum atomic E-state index is 12.3. The third-order valence-corrected chi connectivity index (χ3v) is 3.90.